The quantitative estimate of drug-likeness (QED) is 0.893. The summed E-state index contributed by atoms with van der Waals surface area (Å²) in [6.45, 7) is 0.869. The Bertz CT molecular complexity index is 563. The highest BCUT2D eigenvalue weighted by Crippen LogP contribution is 2.39. The van der Waals surface area contributed by atoms with Gasteiger partial charge in [0.1, 0.15) is 5.82 Å². The molecule has 2 unspecified atom stereocenters. The van der Waals surface area contributed by atoms with Gasteiger partial charge < -0.3 is 10.1 Å². The van der Waals surface area contributed by atoms with Crippen molar-refractivity contribution in [2.75, 3.05) is 11.9 Å². The van der Waals surface area contributed by atoms with Crippen molar-refractivity contribution in [3.8, 4) is 0 Å². The van der Waals surface area contributed by atoms with E-state index in [4.69, 9.17) is 4.74 Å². The first-order valence-electron chi connectivity index (χ1n) is 6.59. The van der Waals surface area contributed by atoms with Crippen LogP contribution >= 0.6 is 0 Å². The maximum absolute atomic E-state index is 5.83. The van der Waals surface area contributed by atoms with Gasteiger partial charge in [0.05, 0.1) is 18.3 Å². The molecule has 2 aliphatic rings. The Morgan fingerprint density at radius 3 is 3.11 bits per heavy atom. The van der Waals surface area contributed by atoms with Crippen LogP contribution in [0.4, 0.5) is 5.82 Å². The molecular formula is C13H16N4O. The molecule has 2 atom stereocenters. The van der Waals surface area contributed by atoms with Crippen LogP contribution in [0.1, 0.15) is 19.3 Å². The molecule has 1 aliphatic heterocycles. The van der Waals surface area contributed by atoms with Crippen molar-refractivity contribution in [2.24, 2.45) is 5.92 Å². The summed E-state index contributed by atoms with van der Waals surface area (Å²) in [4.78, 5) is 4.55. The molecule has 2 aromatic rings. The van der Waals surface area contributed by atoms with Crippen molar-refractivity contribution in [2.45, 2.75) is 31.4 Å². The van der Waals surface area contributed by atoms with Crippen LogP contribution in [0.25, 0.3) is 5.65 Å². The first kappa shape index (κ1) is 10.3. The zero-order chi connectivity index (χ0) is 11.9. The second kappa shape index (κ2) is 3.95. The molecule has 0 spiro atoms. The molecule has 1 N–H and O–H groups in total. The lowest BCUT2D eigenvalue weighted by atomic mass is 10.1. The predicted octanol–water partition coefficient (Wildman–Crippen LogP) is 1.71. The van der Waals surface area contributed by atoms with Crippen molar-refractivity contribution in [3.63, 3.8) is 0 Å². The summed E-state index contributed by atoms with van der Waals surface area (Å²) in [6, 6.07) is 4.30. The standard InChI is InChI=1S/C13H16N4O/c1-2-9(1)13-10(5-8-18-13)15-11-4-7-17-12(16-11)3-6-14-17/h3-4,6-7,9-10,13H,1-2,5,8H2,(H,15,16). The highest BCUT2D eigenvalue weighted by molar-refractivity contribution is 5.46. The lowest BCUT2D eigenvalue weighted by Gasteiger charge is -2.19. The molecule has 1 saturated carbocycles. The highest BCUT2D eigenvalue weighted by atomic mass is 16.5. The third kappa shape index (κ3) is 1.75. The lowest BCUT2D eigenvalue weighted by Crippen LogP contribution is -2.31. The largest absolute Gasteiger partial charge is 0.376 e. The van der Waals surface area contributed by atoms with E-state index in [1.807, 2.05) is 18.3 Å². The van der Waals surface area contributed by atoms with Gasteiger partial charge in [-0.25, -0.2) is 9.50 Å². The Balaban J connectivity index is 1.55. The fraction of sp³-hybridized carbons (Fsp3) is 0.538. The third-order valence-electron chi connectivity index (χ3n) is 3.81. The first-order chi connectivity index (χ1) is 8.90. The molecule has 5 nitrogen and oxygen atoms in total. The van der Waals surface area contributed by atoms with Crippen LogP contribution in [-0.2, 0) is 4.74 Å². The number of anilines is 1. The fourth-order valence-electron chi connectivity index (χ4n) is 2.74. The monoisotopic (exact) mass is 244 g/mol. The molecule has 3 heterocycles. The summed E-state index contributed by atoms with van der Waals surface area (Å²) in [5, 5.41) is 7.66. The molecule has 0 amide bonds. The number of rotatable bonds is 3. The number of nitrogens with zero attached hydrogens (tertiary/aromatic N) is 3. The zero-order valence-electron chi connectivity index (χ0n) is 10.1. The minimum absolute atomic E-state index is 0.382. The highest BCUT2D eigenvalue weighted by Gasteiger charge is 2.40. The Morgan fingerprint density at radius 1 is 1.28 bits per heavy atom. The van der Waals surface area contributed by atoms with Crippen molar-refractivity contribution in [1.82, 2.24) is 14.6 Å². The van der Waals surface area contributed by atoms with E-state index in [1.165, 1.54) is 12.8 Å². The van der Waals surface area contributed by atoms with Gasteiger partial charge in [0.15, 0.2) is 5.65 Å². The van der Waals surface area contributed by atoms with E-state index in [1.54, 1.807) is 10.7 Å². The van der Waals surface area contributed by atoms with E-state index in [-0.39, 0.29) is 0 Å². The van der Waals surface area contributed by atoms with Crippen molar-refractivity contribution >= 4 is 11.5 Å². The first-order valence-corrected chi connectivity index (χ1v) is 6.59. The summed E-state index contributed by atoms with van der Waals surface area (Å²) < 4.78 is 7.60. The van der Waals surface area contributed by atoms with E-state index < -0.39 is 0 Å². The number of ether oxygens (including phenoxy) is 1. The molecule has 1 saturated heterocycles. The summed E-state index contributed by atoms with van der Waals surface area (Å²) in [7, 11) is 0. The molecule has 18 heavy (non-hydrogen) atoms. The summed E-state index contributed by atoms with van der Waals surface area (Å²) in [6.07, 6.45) is 7.79. The number of aromatic nitrogens is 3. The number of fused-ring (bicyclic) bond motifs is 1. The Hall–Kier alpha value is -1.62. The summed E-state index contributed by atoms with van der Waals surface area (Å²) in [5.74, 6) is 1.69. The van der Waals surface area contributed by atoms with Gasteiger partial charge in [0.2, 0.25) is 0 Å². The van der Waals surface area contributed by atoms with Crippen molar-refractivity contribution in [3.05, 3.63) is 24.5 Å². The van der Waals surface area contributed by atoms with Crippen LogP contribution in [0, 0.1) is 5.92 Å². The molecule has 2 fully saturated rings. The molecule has 4 rings (SSSR count). The topological polar surface area (TPSA) is 51.5 Å². The average Bonchev–Trinajstić information content (AvgIpc) is 2.95. The number of hydrogen-bond acceptors (Lipinski definition) is 4. The molecule has 94 valence electrons. The zero-order valence-corrected chi connectivity index (χ0v) is 10.1. The van der Waals surface area contributed by atoms with Gasteiger partial charge in [-0.05, 0) is 31.2 Å². The van der Waals surface area contributed by atoms with E-state index in [2.05, 4.69) is 15.4 Å². The molecule has 2 aromatic heterocycles. The predicted molar refractivity (Wildman–Crippen MR) is 67.5 cm³/mol. The van der Waals surface area contributed by atoms with Gasteiger partial charge >= 0.3 is 0 Å². The van der Waals surface area contributed by atoms with Crippen molar-refractivity contribution < 1.29 is 4.74 Å². The third-order valence-corrected chi connectivity index (χ3v) is 3.81. The SMILES string of the molecule is c1cc2nc(NC3CCOC3C3CC3)ccn2n1. The average molecular weight is 244 g/mol. The van der Waals surface area contributed by atoms with Gasteiger partial charge in [-0.15, -0.1) is 0 Å². The van der Waals surface area contributed by atoms with Gasteiger partial charge in [0, 0.05) is 18.9 Å². The second-order valence-corrected chi connectivity index (χ2v) is 5.16. The van der Waals surface area contributed by atoms with Crippen molar-refractivity contribution in [1.29, 1.82) is 0 Å². The second-order valence-electron chi connectivity index (χ2n) is 5.16. The van der Waals surface area contributed by atoms with Crippen LogP contribution in [0.2, 0.25) is 0 Å². The van der Waals surface area contributed by atoms with Crippen LogP contribution in [0.5, 0.6) is 0 Å². The molecule has 1 aliphatic carbocycles. The van der Waals surface area contributed by atoms with Crippen LogP contribution in [0.3, 0.4) is 0 Å². The van der Waals surface area contributed by atoms with E-state index in [0.29, 0.717) is 12.1 Å². The maximum atomic E-state index is 5.83. The Morgan fingerprint density at radius 2 is 2.22 bits per heavy atom. The number of nitrogens with one attached hydrogen (secondary N) is 1. The van der Waals surface area contributed by atoms with Gasteiger partial charge in [-0.2, -0.15) is 5.10 Å². The molecule has 0 aromatic carbocycles. The van der Waals surface area contributed by atoms with Crippen LogP contribution in [-0.4, -0.2) is 33.4 Å². The van der Waals surface area contributed by atoms with Crippen LogP contribution in [0.15, 0.2) is 24.5 Å². The molecule has 0 radical (unpaired) electrons. The normalized spacial score (nSPS) is 27.8. The Labute approximate surface area is 105 Å². The van der Waals surface area contributed by atoms with Gasteiger partial charge in [0.25, 0.3) is 0 Å². The van der Waals surface area contributed by atoms with E-state index in [9.17, 15) is 0 Å². The minimum Gasteiger partial charge on any atom is -0.376 e. The Kier molecular flexibility index (Phi) is 2.26. The maximum Gasteiger partial charge on any atom is 0.157 e. The van der Waals surface area contributed by atoms with Gasteiger partial charge in [-0.1, -0.05) is 0 Å². The van der Waals surface area contributed by atoms with Gasteiger partial charge in [-0.3, -0.25) is 0 Å². The molecule has 0 bridgehead atoms. The summed E-state index contributed by atoms with van der Waals surface area (Å²) in [5.41, 5.74) is 0.877. The smallest absolute Gasteiger partial charge is 0.157 e. The van der Waals surface area contributed by atoms with Crippen LogP contribution < -0.4 is 5.32 Å². The summed E-state index contributed by atoms with van der Waals surface area (Å²) >= 11 is 0. The molecular weight excluding hydrogens is 228 g/mol. The fourth-order valence-corrected chi connectivity index (χ4v) is 2.74. The van der Waals surface area contributed by atoms with E-state index in [0.717, 1.165) is 30.4 Å². The van der Waals surface area contributed by atoms with E-state index >= 15 is 0 Å². The minimum atomic E-state index is 0.382. The number of hydrogen-bond donors (Lipinski definition) is 1. The molecule has 5 heteroatoms. The lowest BCUT2D eigenvalue weighted by molar-refractivity contribution is 0.0898.